The van der Waals surface area contributed by atoms with Gasteiger partial charge in [0.2, 0.25) is 10.0 Å². The number of rotatable bonds is 12. The number of nitrogens with one attached hydrogen (secondary N) is 2. The molecule has 5 atom stereocenters. The normalized spacial score (nSPS) is 23.1. The molecule has 13 nitrogen and oxygen atoms in total. The van der Waals surface area contributed by atoms with E-state index in [0.29, 0.717) is 36.5 Å². The van der Waals surface area contributed by atoms with E-state index in [-0.39, 0.29) is 29.4 Å². The van der Waals surface area contributed by atoms with Crippen molar-refractivity contribution in [3.63, 3.8) is 0 Å². The van der Waals surface area contributed by atoms with E-state index in [1.807, 2.05) is 4.90 Å². The Kier molecular flexibility index (Phi) is 10.3. The van der Waals surface area contributed by atoms with Crippen LogP contribution in [0.15, 0.2) is 27.0 Å². The van der Waals surface area contributed by atoms with Crippen molar-refractivity contribution in [3.05, 3.63) is 17.7 Å². The summed E-state index contributed by atoms with van der Waals surface area (Å²) in [5, 5.41) is 19.0. The molecule has 1 aromatic rings. The van der Waals surface area contributed by atoms with E-state index >= 15 is 0 Å². The van der Waals surface area contributed by atoms with Gasteiger partial charge in [0.05, 0.1) is 29.6 Å². The Morgan fingerprint density at radius 1 is 1.38 bits per heavy atom. The molecule has 1 aliphatic carbocycles. The van der Waals surface area contributed by atoms with Gasteiger partial charge in [0.15, 0.2) is 15.6 Å². The first-order valence-corrected chi connectivity index (χ1v) is 13.6. The zero-order valence-electron chi connectivity index (χ0n) is 19.5. The van der Waals surface area contributed by atoms with E-state index in [1.165, 1.54) is 6.07 Å². The maximum absolute atomic E-state index is 12.9. The maximum Gasteiger partial charge on any atom is 0.243 e. The third kappa shape index (κ3) is 6.71. The molecule has 34 heavy (non-hydrogen) atoms. The lowest BCUT2D eigenvalue weighted by Crippen LogP contribution is -2.38. The summed E-state index contributed by atoms with van der Waals surface area (Å²) in [7, 11) is -2.62. The number of aliphatic hydroxyl groups is 1. The fourth-order valence-electron chi connectivity index (χ4n) is 4.48. The van der Waals surface area contributed by atoms with Gasteiger partial charge < -0.3 is 31.8 Å². The van der Waals surface area contributed by atoms with Crippen LogP contribution in [-0.2, 0) is 21.4 Å². The summed E-state index contributed by atoms with van der Waals surface area (Å²) < 4.78 is 40.9. The Bertz CT molecular complexity index is 963. The summed E-state index contributed by atoms with van der Waals surface area (Å²) in [4.78, 5) is 1.28. The highest BCUT2D eigenvalue weighted by Gasteiger charge is 2.35. The van der Waals surface area contributed by atoms with Gasteiger partial charge in [0.25, 0.3) is 0 Å². The van der Waals surface area contributed by atoms with Crippen molar-refractivity contribution < 1.29 is 18.1 Å². The number of primary sulfonamides is 1. The second-order valence-corrected chi connectivity index (χ2v) is 11.3. The van der Waals surface area contributed by atoms with E-state index in [1.54, 1.807) is 13.1 Å². The number of anilines is 1. The fourth-order valence-corrected chi connectivity index (χ4v) is 6.86. The summed E-state index contributed by atoms with van der Waals surface area (Å²) in [6.07, 6.45) is 1.09. The summed E-state index contributed by atoms with van der Waals surface area (Å²) in [6.45, 7) is 3.15. The van der Waals surface area contributed by atoms with Gasteiger partial charge in [0.1, 0.15) is 0 Å². The van der Waals surface area contributed by atoms with Crippen molar-refractivity contribution in [3.8, 4) is 0 Å². The summed E-state index contributed by atoms with van der Waals surface area (Å²) in [6, 6.07) is 3.00. The molecule has 1 fully saturated rings. The number of hydrogen-bond acceptors (Lipinski definition) is 11. The quantitative estimate of drug-likeness (QED) is 0.0467. The first-order chi connectivity index (χ1) is 16.0. The number of hydrazone groups is 1. The molecule has 13 N–H and O–H groups in total. The van der Waals surface area contributed by atoms with Crippen molar-refractivity contribution in [1.29, 1.82) is 0 Å². The largest absolute Gasteiger partial charge is 0.593 e. The van der Waals surface area contributed by atoms with Crippen LogP contribution in [-0.4, -0.2) is 63.2 Å². The monoisotopic (exact) mass is 519 g/mol. The molecule has 0 heterocycles. The van der Waals surface area contributed by atoms with Crippen molar-refractivity contribution >= 4 is 32.9 Å². The fraction of sp³-hybridized carbons (Fsp3) is 0.632. The molecule has 0 amide bonds. The minimum absolute atomic E-state index is 0.0229. The molecule has 0 aromatic heterocycles. The van der Waals surface area contributed by atoms with E-state index < -0.39 is 32.4 Å². The molecule has 15 heteroatoms. The third-order valence-corrected chi connectivity index (χ3v) is 8.56. The number of aliphatic hydroxyl groups excluding tert-OH is 1. The standard InChI is InChI=1S/C19H37N9O4S2/c1-11-3-4-12(14(11)8-21)10-28(2)15-5-6-16(33(30)25-9-13(29)7-20)18(34(24,31)32)17(15)19(22)26-27-23/h5-6,11-14,25,27,29H,3-4,7-10,20-21,23H2,1-2H3,(H2,22,26)(H2,24,31,32). The zero-order chi connectivity index (χ0) is 25.6. The predicted molar refractivity (Wildman–Crippen MR) is 133 cm³/mol. The summed E-state index contributed by atoms with van der Waals surface area (Å²) in [5.41, 5.74) is 19.9. The molecule has 1 aromatic carbocycles. The van der Waals surface area contributed by atoms with E-state index in [2.05, 4.69) is 22.3 Å². The lowest BCUT2D eigenvalue weighted by atomic mass is 9.90. The average Bonchev–Trinajstić information content (AvgIpc) is 3.14. The first kappa shape index (κ1) is 28.5. The minimum atomic E-state index is -4.42. The van der Waals surface area contributed by atoms with Gasteiger partial charge in [0, 0.05) is 25.8 Å². The number of amidine groups is 1. The van der Waals surface area contributed by atoms with Gasteiger partial charge >= 0.3 is 0 Å². The minimum Gasteiger partial charge on any atom is -0.593 e. The third-order valence-electron chi connectivity index (χ3n) is 6.27. The van der Waals surface area contributed by atoms with Gasteiger partial charge in [-0.15, -0.1) is 9.82 Å². The van der Waals surface area contributed by atoms with Gasteiger partial charge in [-0.3, -0.25) is 0 Å². The summed E-state index contributed by atoms with van der Waals surface area (Å²) >= 11 is -2.05. The Balaban J connectivity index is 2.58. The highest BCUT2D eigenvalue weighted by atomic mass is 32.2. The lowest BCUT2D eigenvalue weighted by Gasteiger charge is -2.30. The Labute approximate surface area is 203 Å². The molecule has 2 rings (SSSR count). The van der Waals surface area contributed by atoms with Crippen LogP contribution in [0, 0.1) is 17.8 Å². The van der Waals surface area contributed by atoms with Crippen LogP contribution < -0.4 is 43.3 Å². The van der Waals surface area contributed by atoms with Crippen LogP contribution in [0.1, 0.15) is 25.3 Å². The van der Waals surface area contributed by atoms with Crippen molar-refractivity contribution in [2.75, 3.05) is 38.1 Å². The molecular formula is C19H37N9O4S2. The number of hydrazine groups is 1. The van der Waals surface area contributed by atoms with Crippen molar-refractivity contribution in [2.24, 2.45) is 51.0 Å². The van der Waals surface area contributed by atoms with Gasteiger partial charge in [-0.1, -0.05) is 13.3 Å². The second kappa shape index (κ2) is 12.3. The molecule has 194 valence electrons. The van der Waals surface area contributed by atoms with Crippen LogP contribution in [0.2, 0.25) is 0 Å². The van der Waals surface area contributed by atoms with Gasteiger partial charge in [-0.05, 0) is 42.9 Å². The van der Waals surface area contributed by atoms with Crippen molar-refractivity contribution in [1.82, 2.24) is 10.3 Å². The average molecular weight is 520 g/mol. The number of sulfonamides is 1. The highest BCUT2D eigenvalue weighted by molar-refractivity contribution is 7.92. The van der Waals surface area contributed by atoms with Crippen molar-refractivity contribution in [2.45, 2.75) is 35.7 Å². The zero-order valence-corrected chi connectivity index (χ0v) is 21.1. The smallest absolute Gasteiger partial charge is 0.243 e. The Morgan fingerprint density at radius 3 is 2.62 bits per heavy atom. The molecule has 1 saturated carbocycles. The first-order valence-electron chi connectivity index (χ1n) is 10.9. The molecule has 1 aliphatic rings. The molecule has 5 unspecified atom stereocenters. The number of nitrogens with zero attached hydrogens (tertiary/aromatic N) is 2. The highest BCUT2D eigenvalue weighted by Crippen LogP contribution is 2.38. The molecule has 0 aliphatic heterocycles. The lowest BCUT2D eigenvalue weighted by molar-refractivity contribution is 0.186. The summed E-state index contributed by atoms with van der Waals surface area (Å²) in [5.74, 6) is 6.18. The topological polar surface area (TPSA) is 247 Å². The maximum atomic E-state index is 12.9. The Hall–Kier alpha value is -1.69. The number of hydrogen-bond donors (Lipinski definition) is 8. The van der Waals surface area contributed by atoms with Gasteiger partial charge in [-0.25, -0.2) is 24.9 Å². The second-order valence-electron chi connectivity index (χ2n) is 8.56. The number of benzene rings is 1. The van der Waals surface area contributed by atoms with Crippen LogP contribution in [0.3, 0.4) is 0 Å². The molecule has 0 saturated heterocycles. The molecule has 0 spiro atoms. The van der Waals surface area contributed by atoms with Gasteiger partial charge in [-0.2, -0.15) is 0 Å². The van der Waals surface area contributed by atoms with E-state index in [4.69, 9.17) is 28.2 Å². The number of nitrogens with two attached hydrogens (primary N) is 5. The van der Waals surface area contributed by atoms with E-state index in [9.17, 15) is 18.1 Å². The van der Waals surface area contributed by atoms with Crippen LogP contribution in [0.4, 0.5) is 5.69 Å². The molecule has 0 radical (unpaired) electrons. The SMILES string of the molecule is CC1CCC(CN(C)c2ccc([S+]([O-])NCC(O)CN)c(S(N)(=O)=O)c2/C(N)=N/NN)C1CN. The van der Waals surface area contributed by atoms with Crippen LogP contribution in [0.5, 0.6) is 0 Å². The van der Waals surface area contributed by atoms with Crippen LogP contribution in [0.25, 0.3) is 0 Å². The van der Waals surface area contributed by atoms with Crippen LogP contribution >= 0.6 is 0 Å². The predicted octanol–water partition coefficient (Wildman–Crippen LogP) is -2.59. The Morgan fingerprint density at radius 2 is 2.06 bits per heavy atom. The van der Waals surface area contributed by atoms with E-state index in [0.717, 1.165) is 12.8 Å². The molecule has 0 bridgehead atoms. The molecular weight excluding hydrogens is 482 g/mol.